The Balaban J connectivity index is 1.87. The van der Waals surface area contributed by atoms with Gasteiger partial charge in [0.2, 0.25) is 0 Å². The van der Waals surface area contributed by atoms with Crippen LogP contribution < -0.4 is 15.5 Å². The molecule has 2 rings (SSSR count). The predicted molar refractivity (Wildman–Crippen MR) is 99.2 cm³/mol. The second-order valence-corrected chi connectivity index (χ2v) is 5.82. The molecule has 0 spiro atoms. The number of para-hydroxylation sites is 1. The van der Waals surface area contributed by atoms with E-state index in [-0.39, 0.29) is 28.6 Å². The average molecular weight is 396 g/mol. The molecule has 0 heterocycles. The van der Waals surface area contributed by atoms with Crippen LogP contribution in [0.5, 0.6) is 11.5 Å². The number of rotatable bonds is 6. The molecule has 7 nitrogen and oxygen atoms in total. The molecule has 0 radical (unpaired) electrons. The number of carbonyl (C=O) groups excluding carboxylic acids is 2. The first-order valence-electron chi connectivity index (χ1n) is 7.33. The fourth-order valence-corrected chi connectivity index (χ4v) is 2.22. The van der Waals surface area contributed by atoms with Crippen molar-refractivity contribution < 1.29 is 19.4 Å². The maximum Gasteiger partial charge on any atom is 0.259 e. The number of aromatic hydroxyl groups is 1. The number of phenolic OH excluding ortho intramolecular Hbond substituents is 1. The van der Waals surface area contributed by atoms with Gasteiger partial charge in [-0.25, -0.2) is 5.43 Å². The van der Waals surface area contributed by atoms with Crippen LogP contribution in [0.25, 0.3) is 0 Å². The number of phenols is 1. The van der Waals surface area contributed by atoms with E-state index in [1.807, 2.05) is 0 Å². The summed E-state index contributed by atoms with van der Waals surface area (Å²) in [5, 5.41) is 16.6. The molecule has 3 N–H and O–H groups in total. The second kappa shape index (κ2) is 9.07. The van der Waals surface area contributed by atoms with Crippen molar-refractivity contribution >= 4 is 41.2 Å². The third-order valence-electron chi connectivity index (χ3n) is 3.23. The van der Waals surface area contributed by atoms with Gasteiger partial charge in [-0.05, 0) is 30.3 Å². The number of hydrogen-bond donors (Lipinski definition) is 3. The number of methoxy groups -OCH3 is 1. The fourth-order valence-electron chi connectivity index (χ4n) is 1.92. The maximum absolute atomic E-state index is 11.9. The van der Waals surface area contributed by atoms with Crippen molar-refractivity contribution in [1.29, 1.82) is 0 Å². The van der Waals surface area contributed by atoms with Gasteiger partial charge in [-0.1, -0.05) is 29.3 Å². The summed E-state index contributed by atoms with van der Waals surface area (Å²) in [5.74, 6) is -0.833. The van der Waals surface area contributed by atoms with E-state index in [0.717, 1.165) is 0 Å². The summed E-state index contributed by atoms with van der Waals surface area (Å²) >= 11 is 11.6. The summed E-state index contributed by atoms with van der Waals surface area (Å²) in [4.78, 5) is 23.7. The van der Waals surface area contributed by atoms with E-state index < -0.39 is 11.8 Å². The third-order valence-corrected chi connectivity index (χ3v) is 3.97. The van der Waals surface area contributed by atoms with Crippen LogP contribution in [0.4, 0.5) is 0 Å². The Bertz CT molecular complexity index is 856. The summed E-state index contributed by atoms with van der Waals surface area (Å²) in [7, 11) is 1.42. The highest BCUT2D eigenvalue weighted by atomic mass is 35.5. The van der Waals surface area contributed by atoms with Crippen LogP contribution in [-0.2, 0) is 4.79 Å². The van der Waals surface area contributed by atoms with Crippen molar-refractivity contribution in [3.8, 4) is 11.5 Å². The van der Waals surface area contributed by atoms with Gasteiger partial charge in [0.15, 0.2) is 11.5 Å². The predicted octanol–water partition coefficient (Wildman–Crippen LogP) is 2.59. The molecule has 26 heavy (non-hydrogen) atoms. The highest BCUT2D eigenvalue weighted by Crippen LogP contribution is 2.27. The molecular weight excluding hydrogens is 381 g/mol. The maximum atomic E-state index is 11.9. The minimum atomic E-state index is -0.544. The molecule has 0 aromatic heterocycles. The molecule has 0 unspecified atom stereocenters. The van der Waals surface area contributed by atoms with Gasteiger partial charge in [-0.2, -0.15) is 5.10 Å². The highest BCUT2D eigenvalue weighted by molar-refractivity contribution is 6.42. The summed E-state index contributed by atoms with van der Waals surface area (Å²) in [5.41, 5.74) is 2.88. The Morgan fingerprint density at radius 1 is 1.23 bits per heavy atom. The standard InChI is InChI=1S/C17H15Cl2N3O4/c1-26-14-4-2-3-11(16(14)24)8-21-22-15(23)9-20-17(25)10-5-6-12(18)13(19)7-10/h2-8,24H,9H2,1H3,(H,20,25)(H,22,23). The molecule has 0 bridgehead atoms. The lowest BCUT2D eigenvalue weighted by molar-refractivity contribution is -0.120. The van der Waals surface area contributed by atoms with Crippen molar-refractivity contribution in [2.24, 2.45) is 5.10 Å². The van der Waals surface area contributed by atoms with Crippen molar-refractivity contribution in [2.45, 2.75) is 0 Å². The lowest BCUT2D eigenvalue weighted by Gasteiger charge is -2.06. The molecule has 9 heteroatoms. The van der Waals surface area contributed by atoms with Gasteiger partial charge < -0.3 is 15.2 Å². The molecule has 2 amide bonds. The first-order chi connectivity index (χ1) is 12.4. The van der Waals surface area contributed by atoms with E-state index in [2.05, 4.69) is 15.8 Å². The van der Waals surface area contributed by atoms with Gasteiger partial charge in [-0.3, -0.25) is 9.59 Å². The molecule has 2 aromatic carbocycles. The minimum Gasteiger partial charge on any atom is -0.504 e. The zero-order valence-electron chi connectivity index (χ0n) is 13.6. The fraction of sp³-hybridized carbons (Fsp3) is 0.118. The molecule has 0 saturated carbocycles. The lowest BCUT2D eigenvalue weighted by atomic mass is 10.2. The first kappa shape index (κ1) is 19.6. The van der Waals surface area contributed by atoms with Gasteiger partial charge >= 0.3 is 0 Å². The van der Waals surface area contributed by atoms with Crippen LogP contribution in [0, 0.1) is 0 Å². The van der Waals surface area contributed by atoms with Gasteiger partial charge in [0.1, 0.15) is 0 Å². The smallest absolute Gasteiger partial charge is 0.259 e. The van der Waals surface area contributed by atoms with E-state index >= 15 is 0 Å². The zero-order valence-corrected chi connectivity index (χ0v) is 15.1. The second-order valence-electron chi connectivity index (χ2n) is 5.00. The molecule has 136 valence electrons. The van der Waals surface area contributed by atoms with Crippen LogP contribution in [-0.4, -0.2) is 36.8 Å². The largest absolute Gasteiger partial charge is 0.504 e. The number of benzene rings is 2. The van der Waals surface area contributed by atoms with Crippen LogP contribution >= 0.6 is 23.2 Å². The molecule has 0 aliphatic heterocycles. The Morgan fingerprint density at radius 3 is 2.69 bits per heavy atom. The monoisotopic (exact) mass is 395 g/mol. The van der Waals surface area contributed by atoms with E-state index in [1.165, 1.54) is 31.5 Å². The average Bonchev–Trinajstić information content (AvgIpc) is 2.63. The Labute approximate surface area is 159 Å². The number of hydrazone groups is 1. The van der Waals surface area contributed by atoms with Gasteiger partial charge in [0.05, 0.1) is 29.9 Å². The van der Waals surface area contributed by atoms with Crippen LogP contribution in [0.15, 0.2) is 41.5 Å². The number of carbonyl (C=O) groups is 2. The molecule has 0 aliphatic rings. The van der Waals surface area contributed by atoms with Crippen molar-refractivity contribution in [3.05, 3.63) is 57.6 Å². The molecule has 0 atom stereocenters. The first-order valence-corrected chi connectivity index (χ1v) is 8.09. The van der Waals surface area contributed by atoms with Crippen LogP contribution in [0.1, 0.15) is 15.9 Å². The number of halogens is 2. The lowest BCUT2D eigenvalue weighted by Crippen LogP contribution is -2.34. The minimum absolute atomic E-state index is 0.0964. The summed E-state index contributed by atoms with van der Waals surface area (Å²) in [6.07, 6.45) is 1.26. The van der Waals surface area contributed by atoms with Crippen LogP contribution in [0.3, 0.4) is 0 Å². The number of amides is 2. The summed E-state index contributed by atoms with van der Waals surface area (Å²) in [6.45, 7) is -0.291. The van der Waals surface area contributed by atoms with Gasteiger partial charge in [0.25, 0.3) is 11.8 Å². The van der Waals surface area contributed by atoms with E-state index in [4.69, 9.17) is 27.9 Å². The summed E-state index contributed by atoms with van der Waals surface area (Å²) in [6, 6.07) is 9.23. The molecule has 2 aromatic rings. The topological polar surface area (TPSA) is 100 Å². The van der Waals surface area contributed by atoms with Crippen LogP contribution in [0.2, 0.25) is 10.0 Å². The van der Waals surface area contributed by atoms with E-state index in [0.29, 0.717) is 10.6 Å². The molecular formula is C17H15Cl2N3O4. The van der Waals surface area contributed by atoms with Gasteiger partial charge in [0, 0.05) is 11.1 Å². The van der Waals surface area contributed by atoms with Crippen molar-refractivity contribution in [3.63, 3.8) is 0 Å². The van der Waals surface area contributed by atoms with Crippen molar-refractivity contribution in [1.82, 2.24) is 10.7 Å². The summed E-state index contributed by atoms with van der Waals surface area (Å²) < 4.78 is 4.97. The molecule has 0 saturated heterocycles. The number of ether oxygens (including phenoxy) is 1. The normalized spacial score (nSPS) is 10.6. The van der Waals surface area contributed by atoms with E-state index in [1.54, 1.807) is 18.2 Å². The third kappa shape index (κ3) is 5.11. The SMILES string of the molecule is COc1cccc(C=NNC(=O)CNC(=O)c2ccc(Cl)c(Cl)c2)c1O. The Hall–Kier alpha value is -2.77. The zero-order chi connectivity index (χ0) is 19.1. The number of nitrogens with one attached hydrogen (secondary N) is 2. The quantitative estimate of drug-likeness (QED) is 0.516. The highest BCUT2D eigenvalue weighted by Gasteiger charge is 2.10. The molecule has 0 aliphatic carbocycles. The van der Waals surface area contributed by atoms with Crippen molar-refractivity contribution in [2.75, 3.05) is 13.7 Å². The number of nitrogens with zero attached hydrogens (tertiary/aromatic N) is 1. The van der Waals surface area contributed by atoms with E-state index in [9.17, 15) is 14.7 Å². The molecule has 0 fully saturated rings. The Morgan fingerprint density at radius 2 is 2.00 bits per heavy atom. The van der Waals surface area contributed by atoms with Gasteiger partial charge in [-0.15, -0.1) is 0 Å². The number of hydrogen-bond acceptors (Lipinski definition) is 5. The Kier molecular flexibility index (Phi) is 6.82.